The first-order valence-electron chi connectivity index (χ1n) is 6.20. The largest absolute Gasteiger partial charge is 0.354 e. The first-order chi connectivity index (χ1) is 8.67. The molecule has 0 saturated heterocycles. The van der Waals surface area contributed by atoms with E-state index < -0.39 is 0 Å². The molecule has 0 amide bonds. The predicted octanol–water partition coefficient (Wildman–Crippen LogP) is 2.95. The average Bonchev–Trinajstić information content (AvgIpc) is 2.40. The van der Waals surface area contributed by atoms with Gasteiger partial charge in [0.15, 0.2) is 6.29 Å². The molecule has 1 unspecified atom stereocenters. The number of nitrogens with one attached hydrogen (secondary N) is 1. The maximum absolute atomic E-state index is 12.9. The Bertz CT molecular complexity index is 316. The molecule has 1 atom stereocenters. The fraction of sp³-hybridized carbons (Fsp3) is 0.571. The summed E-state index contributed by atoms with van der Waals surface area (Å²) in [5.41, 5.74) is 0.901. The van der Waals surface area contributed by atoms with Crippen LogP contribution < -0.4 is 5.32 Å². The molecule has 0 aliphatic carbocycles. The zero-order valence-electron chi connectivity index (χ0n) is 11.9. The van der Waals surface area contributed by atoms with Crippen LogP contribution in [0.4, 0.5) is 4.39 Å². The molecule has 0 aliphatic rings. The van der Waals surface area contributed by atoms with Crippen LogP contribution >= 0.6 is 0 Å². The van der Waals surface area contributed by atoms with Crippen LogP contribution in [0.3, 0.4) is 0 Å². The van der Waals surface area contributed by atoms with Crippen LogP contribution in [0.5, 0.6) is 0 Å². The van der Waals surface area contributed by atoms with Crippen molar-refractivity contribution >= 4 is 0 Å². The Balaban J connectivity index is 0.00000137. The number of benzene rings is 1. The van der Waals surface area contributed by atoms with E-state index in [1.807, 2.05) is 26.8 Å². The smallest absolute Gasteiger partial charge is 0.171 e. The number of ether oxygens (including phenoxy) is 2. The van der Waals surface area contributed by atoms with Crippen molar-refractivity contribution in [2.75, 3.05) is 14.2 Å². The zero-order chi connectivity index (χ0) is 14.0. The van der Waals surface area contributed by atoms with Gasteiger partial charge in [0, 0.05) is 20.8 Å². The van der Waals surface area contributed by atoms with Gasteiger partial charge in [0.25, 0.3) is 0 Å². The highest BCUT2D eigenvalue weighted by Crippen LogP contribution is 2.05. The van der Waals surface area contributed by atoms with Gasteiger partial charge in [-0.3, -0.25) is 0 Å². The number of halogens is 1. The Morgan fingerprint density at radius 3 is 2.33 bits per heavy atom. The second kappa shape index (κ2) is 10.00. The Morgan fingerprint density at radius 2 is 1.83 bits per heavy atom. The minimum atomic E-state index is -0.298. The first-order valence-corrected chi connectivity index (χ1v) is 6.20. The van der Waals surface area contributed by atoms with Crippen LogP contribution in [0.1, 0.15) is 26.3 Å². The average molecular weight is 257 g/mol. The molecule has 3 nitrogen and oxygen atoms in total. The van der Waals surface area contributed by atoms with Gasteiger partial charge >= 0.3 is 0 Å². The van der Waals surface area contributed by atoms with Crippen LogP contribution in [0, 0.1) is 5.82 Å². The Labute approximate surface area is 109 Å². The van der Waals surface area contributed by atoms with E-state index in [9.17, 15) is 4.39 Å². The molecule has 0 heterocycles. The van der Waals surface area contributed by atoms with E-state index in [-0.39, 0.29) is 18.1 Å². The second-order valence-corrected chi connectivity index (χ2v) is 3.64. The molecule has 0 spiro atoms. The molecule has 0 bridgehead atoms. The van der Waals surface area contributed by atoms with E-state index >= 15 is 0 Å². The molecule has 1 N–H and O–H groups in total. The lowest BCUT2D eigenvalue weighted by molar-refractivity contribution is -0.119. The summed E-state index contributed by atoms with van der Waals surface area (Å²) < 4.78 is 23.1. The zero-order valence-corrected chi connectivity index (χ0v) is 11.9. The quantitative estimate of drug-likeness (QED) is 0.795. The van der Waals surface area contributed by atoms with Crippen molar-refractivity contribution in [3.63, 3.8) is 0 Å². The summed E-state index contributed by atoms with van der Waals surface area (Å²) in [4.78, 5) is 0. The minimum absolute atomic E-state index is 0.0401. The first kappa shape index (κ1) is 17.0. The molecule has 0 aromatic heterocycles. The fourth-order valence-corrected chi connectivity index (χ4v) is 1.53. The van der Waals surface area contributed by atoms with Crippen molar-refractivity contribution in [1.29, 1.82) is 0 Å². The van der Waals surface area contributed by atoms with Crippen molar-refractivity contribution in [1.82, 2.24) is 5.32 Å². The molecule has 4 heteroatoms. The van der Waals surface area contributed by atoms with Gasteiger partial charge in [-0.15, -0.1) is 0 Å². The number of rotatable bonds is 6. The Hall–Kier alpha value is -0.970. The molecule has 104 valence electrons. The van der Waals surface area contributed by atoms with Crippen LogP contribution in [-0.2, 0) is 16.0 Å². The lowest BCUT2D eigenvalue weighted by Crippen LogP contribution is -2.39. The molecule has 0 aliphatic heterocycles. The topological polar surface area (TPSA) is 30.5 Å². The van der Waals surface area contributed by atoms with Crippen LogP contribution in [0.25, 0.3) is 0 Å². The van der Waals surface area contributed by atoms with Gasteiger partial charge in [0.1, 0.15) is 5.82 Å². The third kappa shape index (κ3) is 6.10. The summed E-state index contributed by atoms with van der Waals surface area (Å²) in [7, 11) is 3.18. The molecule has 0 saturated carbocycles. The van der Waals surface area contributed by atoms with Gasteiger partial charge in [0.2, 0.25) is 0 Å². The fourth-order valence-electron chi connectivity index (χ4n) is 1.53. The monoisotopic (exact) mass is 257 g/mol. The van der Waals surface area contributed by atoms with Gasteiger partial charge in [0.05, 0.1) is 6.04 Å². The summed E-state index contributed by atoms with van der Waals surface area (Å²) in [5.74, 6) is -0.220. The lowest BCUT2D eigenvalue weighted by atomic mass is 10.2. The lowest BCUT2D eigenvalue weighted by Gasteiger charge is -2.22. The number of hydrogen-bond acceptors (Lipinski definition) is 3. The molecular weight excluding hydrogens is 233 g/mol. The highest BCUT2D eigenvalue weighted by atomic mass is 19.1. The highest BCUT2D eigenvalue weighted by Gasteiger charge is 2.14. The van der Waals surface area contributed by atoms with Gasteiger partial charge in [-0.25, -0.2) is 4.39 Å². The van der Waals surface area contributed by atoms with Gasteiger partial charge in [-0.2, -0.15) is 0 Å². The van der Waals surface area contributed by atoms with E-state index in [1.165, 1.54) is 12.1 Å². The van der Waals surface area contributed by atoms with E-state index in [1.54, 1.807) is 20.3 Å². The van der Waals surface area contributed by atoms with E-state index in [2.05, 4.69) is 5.32 Å². The Morgan fingerprint density at radius 1 is 1.22 bits per heavy atom. The number of hydrogen-bond donors (Lipinski definition) is 1. The van der Waals surface area contributed by atoms with Gasteiger partial charge < -0.3 is 14.8 Å². The second-order valence-electron chi connectivity index (χ2n) is 3.64. The van der Waals surface area contributed by atoms with Crippen molar-refractivity contribution in [3.8, 4) is 0 Å². The molecular formula is C14H24FNO2. The van der Waals surface area contributed by atoms with E-state index in [0.717, 1.165) is 5.56 Å². The summed E-state index contributed by atoms with van der Waals surface area (Å²) in [5, 5.41) is 3.21. The standard InChI is InChI=1S/C12H18FNO2.C2H6/c1-9(12(15-2)16-3)14-8-10-5-4-6-11(13)7-10;1-2/h4-7,9,12,14H,8H2,1-3H3;1-2H3. The highest BCUT2D eigenvalue weighted by molar-refractivity contribution is 5.16. The van der Waals surface area contributed by atoms with Crippen LogP contribution in [0.15, 0.2) is 24.3 Å². The third-order valence-electron chi connectivity index (χ3n) is 2.39. The maximum atomic E-state index is 12.9. The van der Waals surface area contributed by atoms with Crippen molar-refractivity contribution in [2.24, 2.45) is 0 Å². The SMILES string of the molecule is CC.COC(OC)C(C)NCc1cccc(F)c1. The molecule has 1 aromatic rings. The maximum Gasteiger partial charge on any atom is 0.171 e. The van der Waals surface area contributed by atoms with Crippen molar-refractivity contribution < 1.29 is 13.9 Å². The van der Waals surface area contributed by atoms with Crippen molar-refractivity contribution in [3.05, 3.63) is 35.6 Å². The van der Waals surface area contributed by atoms with Crippen LogP contribution in [0.2, 0.25) is 0 Å². The van der Waals surface area contributed by atoms with Gasteiger partial charge in [-0.1, -0.05) is 26.0 Å². The normalized spacial score (nSPS) is 11.9. The predicted molar refractivity (Wildman–Crippen MR) is 71.9 cm³/mol. The molecule has 0 fully saturated rings. The summed E-state index contributed by atoms with van der Waals surface area (Å²) in [6.07, 6.45) is -0.298. The number of methoxy groups -OCH3 is 2. The summed E-state index contributed by atoms with van der Waals surface area (Å²) in [6, 6.07) is 6.55. The van der Waals surface area contributed by atoms with E-state index in [0.29, 0.717) is 6.54 Å². The molecule has 0 radical (unpaired) electrons. The van der Waals surface area contributed by atoms with E-state index in [4.69, 9.17) is 9.47 Å². The van der Waals surface area contributed by atoms with Crippen LogP contribution in [-0.4, -0.2) is 26.6 Å². The van der Waals surface area contributed by atoms with Crippen molar-refractivity contribution in [2.45, 2.75) is 39.6 Å². The molecule has 18 heavy (non-hydrogen) atoms. The summed E-state index contributed by atoms with van der Waals surface area (Å²) in [6.45, 7) is 6.54. The third-order valence-corrected chi connectivity index (χ3v) is 2.39. The molecule has 1 rings (SSSR count). The van der Waals surface area contributed by atoms with Gasteiger partial charge in [-0.05, 0) is 24.6 Å². The Kier molecular flexibility index (Phi) is 9.46. The summed E-state index contributed by atoms with van der Waals surface area (Å²) >= 11 is 0. The molecule has 1 aromatic carbocycles. The minimum Gasteiger partial charge on any atom is -0.354 e.